The maximum absolute atomic E-state index is 11.5. The van der Waals surface area contributed by atoms with E-state index in [1.54, 1.807) is 25.1 Å². The number of halogens is 2. The maximum atomic E-state index is 11.5. The summed E-state index contributed by atoms with van der Waals surface area (Å²) in [7, 11) is 0. The van der Waals surface area contributed by atoms with Crippen molar-refractivity contribution < 1.29 is 14.7 Å². The minimum Gasteiger partial charge on any atom is -0.480 e. The van der Waals surface area contributed by atoms with E-state index in [9.17, 15) is 14.7 Å². The van der Waals surface area contributed by atoms with Crippen LogP contribution in [0, 0.1) is 0 Å². The fourth-order valence-corrected chi connectivity index (χ4v) is 2.97. The van der Waals surface area contributed by atoms with Crippen LogP contribution in [-0.4, -0.2) is 23.0 Å². The fraction of sp³-hybridized carbons (Fsp3) is 0.333. The van der Waals surface area contributed by atoms with E-state index < -0.39 is 17.4 Å². The quantitative estimate of drug-likeness (QED) is 0.877. The lowest BCUT2D eigenvalue weighted by Gasteiger charge is -2.28. The van der Waals surface area contributed by atoms with Gasteiger partial charge >= 0.3 is 5.97 Å². The molecule has 4 nitrogen and oxygen atoms in total. The number of hydrogen-bond acceptors (Lipinski definition) is 2. The van der Waals surface area contributed by atoms with Gasteiger partial charge in [-0.15, -0.1) is 0 Å². The molecule has 0 saturated carbocycles. The van der Waals surface area contributed by atoms with Crippen molar-refractivity contribution in [2.75, 3.05) is 0 Å². The molecule has 1 aromatic carbocycles. The molecule has 2 rings (SSSR count). The van der Waals surface area contributed by atoms with Gasteiger partial charge in [-0.1, -0.05) is 36.2 Å². The summed E-state index contributed by atoms with van der Waals surface area (Å²) >= 11 is 11.9. The third-order valence-electron chi connectivity index (χ3n) is 3.26. The summed E-state index contributed by atoms with van der Waals surface area (Å²) in [4.78, 5) is 22.7. The molecule has 0 bridgehead atoms. The largest absolute Gasteiger partial charge is 0.480 e. The van der Waals surface area contributed by atoms with E-state index in [4.69, 9.17) is 23.2 Å². The lowest BCUT2D eigenvalue weighted by atomic mass is 9.76. The zero-order valence-corrected chi connectivity index (χ0v) is 11.0. The molecule has 2 N–H and O–H groups in total. The van der Waals surface area contributed by atoms with Crippen LogP contribution in [0.15, 0.2) is 18.2 Å². The Bertz CT molecular complexity index is 532. The van der Waals surface area contributed by atoms with Gasteiger partial charge < -0.3 is 10.4 Å². The predicted octanol–water partition coefficient (Wildman–Crippen LogP) is 2.22. The third kappa shape index (κ3) is 2.06. The monoisotopic (exact) mass is 287 g/mol. The van der Waals surface area contributed by atoms with Crippen molar-refractivity contribution in [3.8, 4) is 0 Å². The summed E-state index contributed by atoms with van der Waals surface area (Å²) in [5.41, 5.74) is -0.260. The number of carbonyl (C=O) groups excluding carboxylic acids is 1. The maximum Gasteiger partial charge on any atom is 0.327 e. The molecule has 1 saturated heterocycles. The molecular formula is C12H11Cl2NO3. The van der Waals surface area contributed by atoms with Crippen LogP contribution in [0.4, 0.5) is 0 Å². The highest BCUT2D eigenvalue weighted by Crippen LogP contribution is 2.40. The zero-order valence-electron chi connectivity index (χ0n) is 9.54. The van der Waals surface area contributed by atoms with E-state index in [2.05, 4.69) is 5.32 Å². The molecule has 0 aromatic heterocycles. The molecule has 0 spiro atoms. The second-order valence-corrected chi connectivity index (χ2v) is 5.40. The summed E-state index contributed by atoms with van der Waals surface area (Å²) in [6, 6.07) is 3.87. The Kier molecular flexibility index (Phi) is 3.25. The number of aliphatic carboxylic acids is 1. The Hall–Kier alpha value is -1.26. The van der Waals surface area contributed by atoms with Gasteiger partial charge in [0.1, 0.15) is 6.04 Å². The van der Waals surface area contributed by atoms with Crippen molar-refractivity contribution >= 4 is 35.1 Å². The average Bonchev–Trinajstić information content (AvgIpc) is 2.54. The standard InChI is InChI=1S/C12H11Cl2NO3/c1-12(5-9(16)15-10(12)11(17)18)7-3-2-6(13)4-8(7)14/h2-4,10H,5H2,1H3,(H,15,16)(H,17,18). The summed E-state index contributed by atoms with van der Waals surface area (Å²) in [6.45, 7) is 1.71. The second-order valence-electron chi connectivity index (χ2n) is 4.56. The summed E-state index contributed by atoms with van der Waals surface area (Å²) in [5, 5.41) is 12.5. The Balaban J connectivity index is 2.52. The van der Waals surface area contributed by atoms with Crippen molar-refractivity contribution in [3.05, 3.63) is 33.8 Å². The van der Waals surface area contributed by atoms with Crippen LogP contribution in [0.5, 0.6) is 0 Å². The number of amides is 1. The molecule has 6 heteroatoms. The van der Waals surface area contributed by atoms with Crippen LogP contribution in [0.1, 0.15) is 18.9 Å². The fourth-order valence-electron chi connectivity index (χ4n) is 2.34. The number of rotatable bonds is 2. The van der Waals surface area contributed by atoms with E-state index >= 15 is 0 Å². The SMILES string of the molecule is CC1(c2ccc(Cl)cc2Cl)CC(=O)NC1C(=O)O. The van der Waals surface area contributed by atoms with Gasteiger partial charge in [-0.3, -0.25) is 4.79 Å². The van der Waals surface area contributed by atoms with Crippen molar-refractivity contribution in [2.24, 2.45) is 0 Å². The van der Waals surface area contributed by atoms with Crippen molar-refractivity contribution in [2.45, 2.75) is 24.8 Å². The van der Waals surface area contributed by atoms with Crippen molar-refractivity contribution in [3.63, 3.8) is 0 Å². The molecule has 1 amide bonds. The number of carboxylic acid groups (broad SMARTS) is 1. The average molecular weight is 288 g/mol. The van der Waals surface area contributed by atoms with Crippen LogP contribution in [0.2, 0.25) is 10.0 Å². The molecular weight excluding hydrogens is 277 g/mol. The van der Waals surface area contributed by atoms with Gasteiger partial charge in [0, 0.05) is 21.9 Å². The summed E-state index contributed by atoms with van der Waals surface area (Å²) in [5.74, 6) is -1.37. The van der Waals surface area contributed by atoms with Gasteiger partial charge in [0.05, 0.1) is 0 Å². The van der Waals surface area contributed by atoms with E-state index in [0.29, 0.717) is 15.6 Å². The van der Waals surface area contributed by atoms with Crippen LogP contribution in [-0.2, 0) is 15.0 Å². The number of benzene rings is 1. The minimum absolute atomic E-state index is 0.0886. The van der Waals surface area contributed by atoms with Gasteiger partial charge in [0.15, 0.2) is 0 Å². The van der Waals surface area contributed by atoms with Gasteiger partial charge in [-0.05, 0) is 17.7 Å². The van der Waals surface area contributed by atoms with E-state index in [0.717, 1.165) is 0 Å². The number of hydrogen-bond donors (Lipinski definition) is 2. The summed E-state index contributed by atoms with van der Waals surface area (Å²) in [6.07, 6.45) is 0.0886. The van der Waals surface area contributed by atoms with Gasteiger partial charge in [0.2, 0.25) is 5.91 Å². The number of nitrogens with one attached hydrogen (secondary N) is 1. The van der Waals surface area contributed by atoms with E-state index in [1.165, 1.54) is 0 Å². The molecule has 2 atom stereocenters. The second kappa shape index (κ2) is 4.44. The first-order chi connectivity index (χ1) is 8.34. The number of carbonyl (C=O) groups is 2. The van der Waals surface area contributed by atoms with Crippen molar-refractivity contribution in [1.29, 1.82) is 0 Å². The molecule has 1 fully saturated rings. The molecule has 1 aromatic rings. The first kappa shape index (κ1) is 13.2. The molecule has 0 radical (unpaired) electrons. The van der Waals surface area contributed by atoms with Gasteiger partial charge in [0.25, 0.3) is 0 Å². The third-order valence-corrected chi connectivity index (χ3v) is 3.81. The highest BCUT2D eigenvalue weighted by Gasteiger charge is 2.49. The Morgan fingerprint density at radius 3 is 2.72 bits per heavy atom. The predicted molar refractivity (Wildman–Crippen MR) is 68.0 cm³/mol. The zero-order chi connectivity index (χ0) is 13.5. The Morgan fingerprint density at radius 1 is 1.50 bits per heavy atom. The first-order valence-electron chi connectivity index (χ1n) is 5.32. The van der Waals surface area contributed by atoms with Crippen LogP contribution >= 0.6 is 23.2 Å². The topological polar surface area (TPSA) is 66.4 Å². The van der Waals surface area contributed by atoms with E-state index in [1.807, 2.05) is 0 Å². The first-order valence-corrected chi connectivity index (χ1v) is 6.08. The van der Waals surface area contributed by atoms with Crippen LogP contribution in [0.25, 0.3) is 0 Å². The molecule has 96 valence electrons. The highest BCUT2D eigenvalue weighted by molar-refractivity contribution is 6.35. The molecule has 18 heavy (non-hydrogen) atoms. The van der Waals surface area contributed by atoms with E-state index in [-0.39, 0.29) is 12.3 Å². The lowest BCUT2D eigenvalue weighted by Crippen LogP contribution is -2.44. The lowest BCUT2D eigenvalue weighted by molar-refractivity contribution is -0.141. The van der Waals surface area contributed by atoms with Crippen LogP contribution in [0.3, 0.4) is 0 Å². The Morgan fingerprint density at radius 2 is 2.17 bits per heavy atom. The highest BCUT2D eigenvalue weighted by atomic mass is 35.5. The minimum atomic E-state index is -1.07. The van der Waals surface area contributed by atoms with Gasteiger partial charge in [-0.2, -0.15) is 0 Å². The molecule has 1 aliphatic heterocycles. The molecule has 1 aliphatic rings. The Labute approximate surface area is 114 Å². The molecule has 1 heterocycles. The number of carboxylic acids is 1. The summed E-state index contributed by atoms with van der Waals surface area (Å²) < 4.78 is 0. The molecule has 0 aliphatic carbocycles. The normalized spacial score (nSPS) is 27.1. The van der Waals surface area contributed by atoms with Crippen LogP contribution < -0.4 is 5.32 Å². The smallest absolute Gasteiger partial charge is 0.327 e. The van der Waals surface area contributed by atoms with Gasteiger partial charge in [-0.25, -0.2) is 4.79 Å². The molecule has 2 unspecified atom stereocenters. The van der Waals surface area contributed by atoms with Crippen molar-refractivity contribution in [1.82, 2.24) is 5.32 Å².